The first-order valence-electron chi connectivity index (χ1n) is 21.5. The van der Waals surface area contributed by atoms with E-state index < -0.39 is 0 Å². The molecule has 9 aromatic carbocycles. The summed E-state index contributed by atoms with van der Waals surface area (Å²) in [6, 6.07) is 78.3. The van der Waals surface area contributed by atoms with Crippen molar-refractivity contribution in [3.05, 3.63) is 235 Å². The molecule has 1 aliphatic rings. The molecule has 3 heterocycles. The second kappa shape index (κ2) is 14.1. The minimum absolute atomic E-state index is 0.0441. The van der Waals surface area contributed by atoms with Gasteiger partial charge in [0.1, 0.15) is 16.8 Å². The summed E-state index contributed by atoms with van der Waals surface area (Å²) in [6.07, 6.45) is 0. The maximum Gasteiger partial charge on any atom is 0.180 e. The van der Waals surface area contributed by atoms with E-state index in [1.807, 2.05) is 36.4 Å². The molecule has 0 saturated carbocycles. The summed E-state index contributed by atoms with van der Waals surface area (Å²) >= 11 is 0. The van der Waals surface area contributed by atoms with Gasteiger partial charge in [-0.2, -0.15) is 0 Å². The van der Waals surface area contributed by atoms with Gasteiger partial charge in [0.05, 0.1) is 16.7 Å². The van der Waals surface area contributed by atoms with Gasteiger partial charge in [0.25, 0.3) is 0 Å². The van der Waals surface area contributed by atoms with Crippen molar-refractivity contribution in [1.82, 2.24) is 14.5 Å². The summed E-state index contributed by atoms with van der Waals surface area (Å²) in [5.41, 5.74) is 19.2. The van der Waals surface area contributed by atoms with Gasteiger partial charge in [-0.1, -0.05) is 188 Å². The molecule has 0 fully saturated rings. The van der Waals surface area contributed by atoms with Crippen molar-refractivity contribution in [3.63, 3.8) is 0 Å². The largest absolute Gasteiger partial charge is 0.452 e. The molecule has 1 atom stereocenters. The molecule has 0 radical (unpaired) electrons. The molecule has 63 heavy (non-hydrogen) atoms. The van der Waals surface area contributed by atoms with E-state index >= 15 is 0 Å². The summed E-state index contributed by atoms with van der Waals surface area (Å²) in [6.45, 7) is 0. The standard InChI is InChI=1S/C59H37N3O/c1-5-19-37(20-6-1)48-35-41(54-58-55(47-30-16-18-32-51(47)63-58)61-59(60-54)40-25-11-4-12-26-40)36-49(38-21-7-2-8-22-38)56(48)62-50-31-17-15-28-43(50)46-34-33-45-42-27-13-14-29-44(42)52(53(45)57(46)62)39-23-9-3-10-24-39/h1-36,52H. The minimum Gasteiger partial charge on any atom is -0.452 e. The highest BCUT2D eigenvalue weighted by Crippen LogP contribution is 2.54. The quantitative estimate of drug-likeness (QED) is 0.168. The van der Waals surface area contributed by atoms with Crippen LogP contribution in [-0.2, 0) is 0 Å². The van der Waals surface area contributed by atoms with Crippen molar-refractivity contribution in [1.29, 1.82) is 0 Å². The number of hydrogen-bond donors (Lipinski definition) is 0. The molecule has 0 N–H and O–H groups in total. The molecule has 0 saturated heterocycles. The molecule has 0 bridgehead atoms. The van der Waals surface area contributed by atoms with E-state index in [2.05, 4.69) is 187 Å². The lowest BCUT2D eigenvalue weighted by molar-refractivity contribution is 0.667. The van der Waals surface area contributed by atoms with Gasteiger partial charge in [0.2, 0.25) is 0 Å². The van der Waals surface area contributed by atoms with Gasteiger partial charge in [0.15, 0.2) is 11.4 Å². The van der Waals surface area contributed by atoms with Gasteiger partial charge in [-0.15, -0.1) is 0 Å². The molecule has 1 unspecified atom stereocenters. The van der Waals surface area contributed by atoms with Gasteiger partial charge in [-0.05, 0) is 69.3 Å². The van der Waals surface area contributed by atoms with Crippen LogP contribution in [0.1, 0.15) is 22.6 Å². The Kier molecular flexibility index (Phi) is 7.94. The monoisotopic (exact) mass is 803 g/mol. The van der Waals surface area contributed by atoms with Crippen LogP contribution in [0.3, 0.4) is 0 Å². The van der Waals surface area contributed by atoms with E-state index in [1.165, 1.54) is 44.1 Å². The van der Waals surface area contributed by atoms with Crippen molar-refractivity contribution < 1.29 is 4.42 Å². The van der Waals surface area contributed by atoms with Crippen molar-refractivity contribution >= 4 is 43.9 Å². The smallest absolute Gasteiger partial charge is 0.180 e. The molecule has 1 aliphatic carbocycles. The summed E-state index contributed by atoms with van der Waals surface area (Å²) in [5.74, 6) is 0.698. The Labute approximate surface area is 364 Å². The van der Waals surface area contributed by atoms with Gasteiger partial charge in [-0.25, -0.2) is 9.97 Å². The number of aromatic nitrogens is 3. The van der Waals surface area contributed by atoms with E-state index in [0.717, 1.165) is 66.8 Å². The highest BCUT2D eigenvalue weighted by molar-refractivity contribution is 6.15. The molecule has 0 amide bonds. The molecular formula is C59H37N3O. The Morgan fingerprint density at radius 1 is 0.429 bits per heavy atom. The zero-order chi connectivity index (χ0) is 41.4. The van der Waals surface area contributed by atoms with Crippen LogP contribution in [0, 0.1) is 0 Å². The first-order valence-corrected chi connectivity index (χ1v) is 21.5. The third kappa shape index (κ3) is 5.48. The highest BCUT2D eigenvalue weighted by atomic mass is 16.3. The highest BCUT2D eigenvalue weighted by Gasteiger charge is 2.35. The van der Waals surface area contributed by atoms with Gasteiger partial charge in [-0.3, -0.25) is 0 Å². The Morgan fingerprint density at radius 3 is 1.73 bits per heavy atom. The molecule has 3 aromatic heterocycles. The number of rotatable bonds is 6. The molecule has 12 aromatic rings. The predicted octanol–water partition coefficient (Wildman–Crippen LogP) is 15.3. The number of nitrogens with zero attached hydrogens (tertiary/aromatic N) is 3. The first kappa shape index (κ1) is 35.4. The van der Waals surface area contributed by atoms with Crippen LogP contribution in [-0.4, -0.2) is 14.5 Å². The lowest BCUT2D eigenvalue weighted by atomic mass is 9.88. The molecular weight excluding hydrogens is 767 g/mol. The Balaban J connectivity index is 1.20. The third-order valence-corrected chi connectivity index (χ3v) is 12.9. The molecule has 4 nitrogen and oxygen atoms in total. The van der Waals surface area contributed by atoms with E-state index in [9.17, 15) is 0 Å². The van der Waals surface area contributed by atoms with Crippen molar-refractivity contribution in [2.45, 2.75) is 5.92 Å². The van der Waals surface area contributed by atoms with E-state index in [-0.39, 0.29) is 5.92 Å². The lowest BCUT2D eigenvalue weighted by Crippen LogP contribution is -2.06. The van der Waals surface area contributed by atoms with Crippen LogP contribution in [0.25, 0.3) is 106 Å². The SMILES string of the molecule is c1ccc(-c2nc(-c3cc(-c4ccccc4)c(-n4c5ccccc5c5ccc6c(c54)C(c4ccccc4)c4ccccc4-6)c(-c4ccccc4)c3)c3oc4ccccc4c3n2)cc1. The van der Waals surface area contributed by atoms with E-state index in [0.29, 0.717) is 11.4 Å². The fourth-order valence-corrected chi connectivity index (χ4v) is 10.2. The molecule has 294 valence electrons. The first-order chi connectivity index (χ1) is 31.3. The lowest BCUT2D eigenvalue weighted by Gasteiger charge is -2.23. The normalized spacial score (nSPS) is 13.2. The number of fused-ring (bicyclic) bond motifs is 10. The maximum absolute atomic E-state index is 6.74. The number of benzene rings is 9. The van der Waals surface area contributed by atoms with Crippen molar-refractivity contribution in [3.8, 4) is 61.7 Å². The number of furan rings is 1. The second-order valence-corrected chi connectivity index (χ2v) is 16.4. The van der Waals surface area contributed by atoms with Crippen LogP contribution in [0.4, 0.5) is 0 Å². The predicted molar refractivity (Wildman–Crippen MR) is 258 cm³/mol. The average molecular weight is 804 g/mol. The van der Waals surface area contributed by atoms with Gasteiger partial charge in [0, 0.05) is 44.3 Å². The van der Waals surface area contributed by atoms with Crippen LogP contribution in [0.5, 0.6) is 0 Å². The van der Waals surface area contributed by atoms with Gasteiger partial charge >= 0.3 is 0 Å². The summed E-state index contributed by atoms with van der Waals surface area (Å²) < 4.78 is 9.32. The fraction of sp³-hybridized carbons (Fsp3) is 0.0169. The zero-order valence-corrected chi connectivity index (χ0v) is 34.1. The Bertz CT molecular complexity index is 3660. The van der Waals surface area contributed by atoms with Crippen LogP contribution in [0.15, 0.2) is 223 Å². The van der Waals surface area contributed by atoms with Crippen molar-refractivity contribution in [2.24, 2.45) is 0 Å². The number of para-hydroxylation sites is 2. The summed E-state index contributed by atoms with van der Waals surface area (Å²) in [7, 11) is 0. The van der Waals surface area contributed by atoms with Crippen molar-refractivity contribution in [2.75, 3.05) is 0 Å². The Hall–Kier alpha value is -8.34. The topological polar surface area (TPSA) is 43.9 Å². The number of hydrogen-bond acceptors (Lipinski definition) is 3. The van der Waals surface area contributed by atoms with Crippen LogP contribution >= 0.6 is 0 Å². The molecule has 13 rings (SSSR count). The maximum atomic E-state index is 6.74. The molecule has 0 aliphatic heterocycles. The second-order valence-electron chi connectivity index (χ2n) is 16.4. The van der Waals surface area contributed by atoms with E-state index in [1.54, 1.807) is 0 Å². The molecule has 0 spiro atoms. The summed E-state index contributed by atoms with van der Waals surface area (Å²) in [5, 5.41) is 3.41. The third-order valence-electron chi connectivity index (χ3n) is 12.9. The van der Waals surface area contributed by atoms with Crippen LogP contribution in [0.2, 0.25) is 0 Å². The zero-order valence-electron chi connectivity index (χ0n) is 34.1. The molecule has 4 heteroatoms. The Morgan fingerprint density at radius 2 is 1.02 bits per heavy atom. The van der Waals surface area contributed by atoms with E-state index in [4.69, 9.17) is 14.4 Å². The fourth-order valence-electron chi connectivity index (χ4n) is 10.2. The van der Waals surface area contributed by atoms with Gasteiger partial charge < -0.3 is 8.98 Å². The summed E-state index contributed by atoms with van der Waals surface area (Å²) in [4.78, 5) is 10.6. The average Bonchev–Trinajstić information content (AvgIpc) is 4.02. The van der Waals surface area contributed by atoms with Crippen LogP contribution < -0.4 is 0 Å². The minimum atomic E-state index is 0.0441.